The van der Waals surface area contributed by atoms with E-state index in [1.165, 1.54) is 5.56 Å². The van der Waals surface area contributed by atoms with E-state index in [0.717, 1.165) is 34.5 Å². The first-order valence-corrected chi connectivity index (χ1v) is 5.71. The molecule has 3 heteroatoms. The lowest BCUT2D eigenvalue weighted by Gasteiger charge is -2.11. The lowest BCUT2D eigenvalue weighted by molar-refractivity contribution is 0.355. The largest absolute Gasteiger partial charge is 0.493 e. The van der Waals surface area contributed by atoms with Crippen LogP contribution >= 0.6 is 0 Å². The lowest BCUT2D eigenvalue weighted by Crippen LogP contribution is -1.95. The van der Waals surface area contributed by atoms with Crippen molar-refractivity contribution in [2.75, 3.05) is 14.2 Å². The van der Waals surface area contributed by atoms with Crippen LogP contribution in [0.3, 0.4) is 0 Å². The predicted octanol–water partition coefficient (Wildman–Crippen LogP) is 3.12. The van der Waals surface area contributed by atoms with E-state index >= 15 is 0 Å². The molecule has 0 N–H and O–H groups in total. The van der Waals surface area contributed by atoms with Gasteiger partial charge in [-0.25, -0.2) is 0 Å². The van der Waals surface area contributed by atoms with Crippen LogP contribution in [0, 0.1) is 6.92 Å². The van der Waals surface area contributed by atoms with Gasteiger partial charge in [0.15, 0.2) is 11.5 Å². The summed E-state index contributed by atoms with van der Waals surface area (Å²) in [7, 11) is 3.29. The molecule has 2 aromatic rings. The topological polar surface area (TPSA) is 31.4 Å². The van der Waals surface area contributed by atoms with Crippen LogP contribution in [0.15, 0.2) is 18.2 Å². The first kappa shape index (κ1) is 11.7. The number of aryl methyl sites for hydroxylation is 2. The summed E-state index contributed by atoms with van der Waals surface area (Å²) in [6.07, 6.45) is 0.981. The van der Waals surface area contributed by atoms with Crippen molar-refractivity contribution in [3.05, 3.63) is 29.5 Å². The van der Waals surface area contributed by atoms with Gasteiger partial charge < -0.3 is 9.47 Å². The van der Waals surface area contributed by atoms with E-state index in [0.29, 0.717) is 0 Å². The van der Waals surface area contributed by atoms with Crippen molar-refractivity contribution in [3.8, 4) is 11.5 Å². The number of hydrogen-bond acceptors (Lipinski definition) is 3. The van der Waals surface area contributed by atoms with E-state index < -0.39 is 0 Å². The molecule has 0 aliphatic rings. The van der Waals surface area contributed by atoms with E-state index in [1.807, 2.05) is 19.1 Å². The number of hydrogen-bond donors (Lipinski definition) is 0. The zero-order chi connectivity index (χ0) is 12.4. The maximum atomic E-state index is 5.32. The van der Waals surface area contributed by atoms with Gasteiger partial charge in [-0.2, -0.15) is 0 Å². The molecule has 0 aliphatic carbocycles. The van der Waals surface area contributed by atoms with Gasteiger partial charge in [0, 0.05) is 17.1 Å². The Bertz CT molecular complexity index is 549. The smallest absolute Gasteiger partial charge is 0.162 e. The van der Waals surface area contributed by atoms with Gasteiger partial charge in [0.25, 0.3) is 0 Å². The zero-order valence-electron chi connectivity index (χ0n) is 10.7. The van der Waals surface area contributed by atoms with Crippen molar-refractivity contribution >= 4 is 10.9 Å². The first-order valence-electron chi connectivity index (χ1n) is 5.71. The highest BCUT2D eigenvalue weighted by atomic mass is 16.5. The highest BCUT2D eigenvalue weighted by Gasteiger charge is 2.09. The van der Waals surface area contributed by atoms with Gasteiger partial charge >= 0.3 is 0 Å². The van der Waals surface area contributed by atoms with Crippen LogP contribution in [0.2, 0.25) is 0 Å². The number of benzene rings is 1. The minimum Gasteiger partial charge on any atom is -0.493 e. The summed E-state index contributed by atoms with van der Waals surface area (Å²) in [5.74, 6) is 1.47. The number of methoxy groups -OCH3 is 2. The van der Waals surface area contributed by atoms with Crippen LogP contribution in [0.25, 0.3) is 10.9 Å². The molecule has 0 spiro atoms. The van der Waals surface area contributed by atoms with E-state index in [2.05, 4.69) is 18.0 Å². The van der Waals surface area contributed by atoms with Gasteiger partial charge in [0.05, 0.1) is 19.7 Å². The average Bonchev–Trinajstić information content (AvgIpc) is 2.35. The predicted molar refractivity (Wildman–Crippen MR) is 69.0 cm³/mol. The molecule has 0 fully saturated rings. The Morgan fingerprint density at radius 1 is 1.06 bits per heavy atom. The number of aromatic nitrogens is 1. The summed E-state index contributed by atoms with van der Waals surface area (Å²) in [6, 6.07) is 6.05. The quantitative estimate of drug-likeness (QED) is 0.813. The molecule has 0 unspecified atom stereocenters. The van der Waals surface area contributed by atoms with Crippen LogP contribution in [0.5, 0.6) is 11.5 Å². The van der Waals surface area contributed by atoms with Gasteiger partial charge in [-0.15, -0.1) is 0 Å². The molecule has 90 valence electrons. The highest BCUT2D eigenvalue weighted by molar-refractivity contribution is 5.86. The summed E-state index contributed by atoms with van der Waals surface area (Å²) in [4.78, 5) is 4.53. The SMILES string of the molecule is CCc1cc(C)nc2cc(OC)c(OC)cc12. The standard InChI is InChI=1S/C14H17NO2/c1-5-10-6-9(2)15-12-8-14(17-4)13(16-3)7-11(10)12/h6-8H,5H2,1-4H3. The Kier molecular flexibility index (Phi) is 3.18. The Hall–Kier alpha value is -1.77. The summed E-state index contributed by atoms with van der Waals surface area (Å²) < 4.78 is 10.6. The highest BCUT2D eigenvalue weighted by Crippen LogP contribution is 2.33. The van der Waals surface area contributed by atoms with Crippen molar-refractivity contribution in [2.45, 2.75) is 20.3 Å². The molecule has 1 heterocycles. The van der Waals surface area contributed by atoms with E-state index in [1.54, 1.807) is 14.2 Å². The zero-order valence-corrected chi connectivity index (χ0v) is 10.7. The molecule has 0 saturated carbocycles. The summed E-state index contributed by atoms with van der Waals surface area (Å²) in [5.41, 5.74) is 3.27. The third kappa shape index (κ3) is 2.05. The number of fused-ring (bicyclic) bond motifs is 1. The molecular formula is C14H17NO2. The lowest BCUT2D eigenvalue weighted by atomic mass is 10.0. The second kappa shape index (κ2) is 4.62. The van der Waals surface area contributed by atoms with Crippen molar-refractivity contribution in [3.63, 3.8) is 0 Å². The van der Waals surface area contributed by atoms with E-state index in [9.17, 15) is 0 Å². The van der Waals surface area contributed by atoms with Crippen LogP contribution in [0.4, 0.5) is 0 Å². The second-order valence-corrected chi connectivity index (χ2v) is 4.00. The van der Waals surface area contributed by atoms with Crippen molar-refractivity contribution < 1.29 is 9.47 Å². The molecule has 0 saturated heterocycles. The fourth-order valence-corrected chi connectivity index (χ4v) is 2.06. The number of rotatable bonds is 3. The third-order valence-electron chi connectivity index (χ3n) is 2.91. The Labute approximate surface area is 101 Å². The van der Waals surface area contributed by atoms with Crippen LogP contribution in [-0.2, 0) is 6.42 Å². The van der Waals surface area contributed by atoms with E-state index in [4.69, 9.17) is 9.47 Å². The molecule has 3 nitrogen and oxygen atoms in total. The van der Waals surface area contributed by atoms with Crippen molar-refractivity contribution in [2.24, 2.45) is 0 Å². The van der Waals surface area contributed by atoms with E-state index in [-0.39, 0.29) is 0 Å². The molecule has 0 radical (unpaired) electrons. The monoisotopic (exact) mass is 231 g/mol. The Morgan fingerprint density at radius 2 is 1.71 bits per heavy atom. The molecule has 1 aromatic carbocycles. The number of nitrogens with zero attached hydrogens (tertiary/aromatic N) is 1. The average molecular weight is 231 g/mol. The second-order valence-electron chi connectivity index (χ2n) is 4.00. The molecule has 1 aromatic heterocycles. The van der Waals surface area contributed by atoms with Crippen LogP contribution in [0.1, 0.15) is 18.2 Å². The molecule has 0 bridgehead atoms. The van der Waals surface area contributed by atoms with Crippen LogP contribution in [-0.4, -0.2) is 19.2 Å². The molecule has 0 atom stereocenters. The Morgan fingerprint density at radius 3 is 2.29 bits per heavy atom. The van der Waals surface area contributed by atoms with Gasteiger partial charge in [0.2, 0.25) is 0 Å². The van der Waals surface area contributed by atoms with Crippen LogP contribution < -0.4 is 9.47 Å². The minimum atomic E-state index is 0.722. The van der Waals surface area contributed by atoms with Gasteiger partial charge in [-0.05, 0) is 31.0 Å². The molecule has 0 aliphatic heterocycles. The molecule has 17 heavy (non-hydrogen) atoms. The Balaban J connectivity index is 2.77. The first-order chi connectivity index (χ1) is 8.19. The van der Waals surface area contributed by atoms with Gasteiger partial charge in [0.1, 0.15) is 0 Å². The minimum absolute atomic E-state index is 0.722. The van der Waals surface area contributed by atoms with Crippen molar-refractivity contribution in [1.82, 2.24) is 4.98 Å². The molecule has 2 rings (SSSR count). The summed E-state index contributed by atoms with van der Waals surface area (Å²) >= 11 is 0. The van der Waals surface area contributed by atoms with Crippen molar-refractivity contribution in [1.29, 1.82) is 0 Å². The third-order valence-corrected chi connectivity index (χ3v) is 2.91. The number of pyridine rings is 1. The fraction of sp³-hybridized carbons (Fsp3) is 0.357. The number of ether oxygens (including phenoxy) is 2. The normalized spacial score (nSPS) is 10.6. The molecule has 0 amide bonds. The van der Waals surface area contributed by atoms with Gasteiger partial charge in [-0.3, -0.25) is 4.98 Å². The summed E-state index contributed by atoms with van der Waals surface area (Å²) in [6.45, 7) is 4.15. The fourth-order valence-electron chi connectivity index (χ4n) is 2.06. The summed E-state index contributed by atoms with van der Waals surface area (Å²) in [5, 5.41) is 1.13. The van der Waals surface area contributed by atoms with Gasteiger partial charge in [-0.1, -0.05) is 6.92 Å². The maximum Gasteiger partial charge on any atom is 0.162 e. The molecular weight excluding hydrogens is 214 g/mol. The maximum absolute atomic E-state index is 5.32.